The van der Waals surface area contributed by atoms with E-state index in [2.05, 4.69) is 66.3 Å². The van der Waals surface area contributed by atoms with Crippen molar-refractivity contribution in [1.29, 1.82) is 0 Å². The molecule has 1 aliphatic rings. The fourth-order valence-corrected chi connectivity index (χ4v) is 3.57. The van der Waals surface area contributed by atoms with Gasteiger partial charge in [-0.15, -0.1) is 0 Å². The molecule has 134 valence electrons. The van der Waals surface area contributed by atoms with Crippen molar-refractivity contribution < 1.29 is 4.74 Å². The van der Waals surface area contributed by atoms with Crippen molar-refractivity contribution in [3.8, 4) is 0 Å². The van der Waals surface area contributed by atoms with Gasteiger partial charge in [0.1, 0.15) is 0 Å². The van der Waals surface area contributed by atoms with Crippen molar-refractivity contribution in [1.82, 2.24) is 15.2 Å². The second kappa shape index (κ2) is 8.56. The van der Waals surface area contributed by atoms with E-state index in [0.29, 0.717) is 12.2 Å². The van der Waals surface area contributed by atoms with Gasteiger partial charge in [-0.1, -0.05) is 30.3 Å². The number of pyridine rings is 1. The van der Waals surface area contributed by atoms with Crippen LogP contribution in [0.1, 0.15) is 36.2 Å². The zero-order valence-electron chi connectivity index (χ0n) is 15.5. The average molecular weight is 339 g/mol. The highest BCUT2D eigenvalue weighted by atomic mass is 16.5. The summed E-state index contributed by atoms with van der Waals surface area (Å²) in [5, 5.41) is 3.57. The van der Waals surface area contributed by atoms with Gasteiger partial charge in [-0.3, -0.25) is 9.88 Å². The maximum absolute atomic E-state index is 5.85. The Morgan fingerprint density at radius 2 is 1.64 bits per heavy atom. The number of ether oxygens (including phenoxy) is 1. The fourth-order valence-electron chi connectivity index (χ4n) is 3.57. The Bertz CT molecular complexity index is 678. The first kappa shape index (κ1) is 18.1. The van der Waals surface area contributed by atoms with E-state index in [0.717, 1.165) is 38.4 Å². The van der Waals surface area contributed by atoms with Crippen molar-refractivity contribution in [2.24, 2.45) is 0 Å². The predicted octanol–water partition coefficient (Wildman–Crippen LogP) is 3.29. The number of nitrogens with zero attached hydrogens (tertiary/aromatic N) is 2. The summed E-state index contributed by atoms with van der Waals surface area (Å²) in [7, 11) is 0. The summed E-state index contributed by atoms with van der Waals surface area (Å²) in [5.41, 5.74) is 5.13. The molecule has 1 aromatic heterocycles. The van der Waals surface area contributed by atoms with Crippen LogP contribution in [0, 0.1) is 6.92 Å². The minimum atomic E-state index is 0.308. The minimum absolute atomic E-state index is 0.308. The summed E-state index contributed by atoms with van der Waals surface area (Å²) in [6.07, 6.45) is 2.46. The lowest BCUT2D eigenvalue weighted by Gasteiger charge is -2.35. The van der Waals surface area contributed by atoms with Gasteiger partial charge in [0.15, 0.2) is 0 Å². The highest BCUT2D eigenvalue weighted by molar-refractivity contribution is 5.27. The third-order valence-electron chi connectivity index (χ3n) is 4.75. The maximum atomic E-state index is 5.85. The second-order valence-corrected chi connectivity index (χ2v) is 7.07. The van der Waals surface area contributed by atoms with Gasteiger partial charge in [0.25, 0.3) is 0 Å². The SMILES string of the molecule is Cc1ncccc1CNCc1ccccc1CN1C[C@@H](C)O[C@@H](C)C1. The molecule has 1 saturated heterocycles. The molecule has 2 atom stereocenters. The van der Waals surface area contributed by atoms with Gasteiger partial charge < -0.3 is 10.1 Å². The van der Waals surface area contributed by atoms with Crippen LogP contribution in [0.25, 0.3) is 0 Å². The van der Waals surface area contributed by atoms with Gasteiger partial charge in [0.2, 0.25) is 0 Å². The Morgan fingerprint density at radius 1 is 1.00 bits per heavy atom. The van der Waals surface area contributed by atoms with E-state index in [4.69, 9.17) is 4.74 Å². The number of aryl methyl sites for hydroxylation is 1. The Labute approximate surface area is 151 Å². The molecule has 0 unspecified atom stereocenters. The summed E-state index contributed by atoms with van der Waals surface area (Å²) in [5.74, 6) is 0. The van der Waals surface area contributed by atoms with Crippen molar-refractivity contribution in [3.05, 3.63) is 65.0 Å². The van der Waals surface area contributed by atoms with E-state index in [9.17, 15) is 0 Å². The van der Waals surface area contributed by atoms with E-state index >= 15 is 0 Å². The topological polar surface area (TPSA) is 37.4 Å². The van der Waals surface area contributed by atoms with Crippen LogP contribution in [0.2, 0.25) is 0 Å². The molecular weight excluding hydrogens is 310 g/mol. The number of benzene rings is 1. The third-order valence-corrected chi connectivity index (χ3v) is 4.75. The zero-order valence-corrected chi connectivity index (χ0v) is 15.5. The van der Waals surface area contributed by atoms with Gasteiger partial charge in [-0.25, -0.2) is 0 Å². The van der Waals surface area contributed by atoms with Crippen LogP contribution in [0.3, 0.4) is 0 Å². The van der Waals surface area contributed by atoms with E-state index in [1.54, 1.807) is 0 Å². The van der Waals surface area contributed by atoms with E-state index in [1.165, 1.54) is 16.7 Å². The Morgan fingerprint density at radius 3 is 2.36 bits per heavy atom. The molecule has 0 bridgehead atoms. The van der Waals surface area contributed by atoms with Crippen molar-refractivity contribution >= 4 is 0 Å². The smallest absolute Gasteiger partial charge is 0.0678 e. The summed E-state index contributed by atoms with van der Waals surface area (Å²) in [6, 6.07) is 12.9. The van der Waals surface area contributed by atoms with Crippen LogP contribution in [0.15, 0.2) is 42.6 Å². The molecule has 4 nitrogen and oxygen atoms in total. The molecule has 25 heavy (non-hydrogen) atoms. The van der Waals surface area contributed by atoms with Crippen molar-refractivity contribution in [2.45, 2.75) is 52.6 Å². The molecule has 4 heteroatoms. The normalized spacial score (nSPS) is 21.4. The number of aromatic nitrogens is 1. The first-order valence-corrected chi connectivity index (χ1v) is 9.17. The number of rotatable bonds is 6. The molecule has 1 N–H and O–H groups in total. The van der Waals surface area contributed by atoms with Crippen LogP contribution >= 0.6 is 0 Å². The quantitative estimate of drug-likeness (QED) is 0.876. The Kier molecular flexibility index (Phi) is 6.19. The highest BCUT2D eigenvalue weighted by Gasteiger charge is 2.22. The van der Waals surface area contributed by atoms with Crippen LogP contribution in [-0.4, -0.2) is 35.2 Å². The molecule has 1 aromatic carbocycles. The first-order chi connectivity index (χ1) is 12.1. The monoisotopic (exact) mass is 339 g/mol. The molecule has 0 saturated carbocycles. The van der Waals surface area contributed by atoms with Gasteiger partial charge in [-0.2, -0.15) is 0 Å². The summed E-state index contributed by atoms with van der Waals surface area (Å²) < 4.78 is 5.85. The van der Waals surface area contributed by atoms with E-state index < -0.39 is 0 Å². The molecular formula is C21H29N3O. The molecule has 0 aliphatic carbocycles. The van der Waals surface area contributed by atoms with Crippen molar-refractivity contribution in [3.63, 3.8) is 0 Å². The molecule has 2 aromatic rings. The summed E-state index contributed by atoms with van der Waals surface area (Å²) in [6.45, 7) is 11.1. The molecule has 0 radical (unpaired) electrons. The lowest BCUT2D eigenvalue weighted by molar-refractivity contribution is -0.0705. The largest absolute Gasteiger partial charge is 0.373 e. The standard InChI is InChI=1S/C21H29N3O/c1-16-13-24(14-17(2)25-16)15-21-8-5-4-7-20(21)12-22-11-19-9-6-10-23-18(19)3/h4-10,16-17,22H,11-15H2,1-3H3/t16-,17+. The van der Waals surface area contributed by atoms with Gasteiger partial charge >= 0.3 is 0 Å². The lowest BCUT2D eigenvalue weighted by atomic mass is 10.1. The maximum Gasteiger partial charge on any atom is 0.0678 e. The fraction of sp³-hybridized carbons (Fsp3) is 0.476. The zero-order chi connectivity index (χ0) is 17.6. The number of hydrogen-bond acceptors (Lipinski definition) is 4. The molecule has 0 spiro atoms. The second-order valence-electron chi connectivity index (χ2n) is 7.07. The summed E-state index contributed by atoms with van der Waals surface area (Å²) in [4.78, 5) is 6.86. The third kappa shape index (κ3) is 5.11. The van der Waals surface area contributed by atoms with Crippen LogP contribution < -0.4 is 5.32 Å². The molecule has 2 heterocycles. The first-order valence-electron chi connectivity index (χ1n) is 9.17. The van der Waals surface area contributed by atoms with Gasteiger partial charge in [0, 0.05) is 44.6 Å². The predicted molar refractivity (Wildman–Crippen MR) is 101 cm³/mol. The number of nitrogens with one attached hydrogen (secondary N) is 1. The molecule has 3 rings (SSSR count). The molecule has 1 aliphatic heterocycles. The Hall–Kier alpha value is -1.75. The lowest BCUT2D eigenvalue weighted by Crippen LogP contribution is -2.45. The van der Waals surface area contributed by atoms with Crippen LogP contribution in [0.5, 0.6) is 0 Å². The van der Waals surface area contributed by atoms with E-state index in [-0.39, 0.29) is 0 Å². The van der Waals surface area contributed by atoms with Crippen LogP contribution in [0.4, 0.5) is 0 Å². The number of hydrogen-bond donors (Lipinski definition) is 1. The summed E-state index contributed by atoms with van der Waals surface area (Å²) >= 11 is 0. The average Bonchev–Trinajstić information content (AvgIpc) is 2.57. The van der Waals surface area contributed by atoms with Crippen molar-refractivity contribution in [2.75, 3.05) is 13.1 Å². The van der Waals surface area contributed by atoms with Crippen LogP contribution in [-0.2, 0) is 24.4 Å². The Balaban J connectivity index is 1.60. The minimum Gasteiger partial charge on any atom is -0.373 e. The highest BCUT2D eigenvalue weighted by Crippen LogP contribution is 2.17. The van der Waals surface area contributed by atoms with Gasteiger partial charge in [-0.05, 0) is 43.5 Å². The van der Waals surface area contributed by atoms with E-state index in [1.807, 2.05) is 12.3 Å². The number of morpholine rings is 1. The van der Waals surface area contributed by atoms with Gasteiger partial charge in [0.05, 0.1) is 12.2 Å². The molecule has 1 fully saturated rings. The molecule has 0 amide bonds.